The molecule has 8 nitrogen and oxygen atoms in total. The maximum Gasteiger partial charge on any atom is 0.315 e. The van der Waals surface area contributed by atoms with Gasteiger partial charge in [-0.3, -0.25) is 9.48 Å². The minimum atomic E-state index is -0.937. The monoisotopic (exact) mass is 297 g/mol. The number of aliphatic carboxylic acids is 1. The molecular weight excluding hydrogens is 274 g/mol. The van der Waals surface area contributed by atoms with Crippen LogP contribution in [-0.2, 0) is 18.3 Å². The maximum atomic E-state index is 11.8. The Hall–Kier alpha value is -2.12. The fourth-order valence-corrected chi connectivity index (χ4v) is 1.74. The summed E-state index contributed by atoms with van der Waals surface area (Å²) < 4.78 is 1.60. The van der Waals surface area contributed by atoms with E-state index in [0.29, 0.717) is 18.8 Å². The molecule has 2 amide bonds. The van der Waals surface area contributed by atoms with Crippen LogP contribution in [0, 0.1) is 5.41 Å². The fourth-order valence-electron chi connectivity index (χ4n) is 1.74. The van der Waals surface area contributed by atoms with Gasteiger partial charge in [-0.15, -0.1) is 0 Å². The van der Waals surface area contributed by atoms with Crippen molar-refractivity contribution in [3.8, 4) is 0 Å². The fraction of sp³-hybridized carbons (Fsp3) is 0.692. The van der Waals surface area contributed by atoms with E-state index < -0.39 is 12.0 Å². The first-order valence-electron chi connectivity index (χ1n) is 6.79. The number of aromatic nitrogens is 3. The number of carboxylic acids is 1. The SMILES string of the molecule is Cn1cnc(CCNC(=O)NC(CC(=O)O)C(C)(C)C)n1. The van der Waals surface area contributed by atoms with E-state index in [1.165, 1.54) is 0 Å². The molecule has 0 radical (unpaired) electrons. The lowest BCUT2D eigenvalue weighted by Gasteiger charge is -2.30. The molecule has 8 heteroatoms. The topological polar surface area (TPSA) is 109 Å². The zero-order chi connectivity index (χ0) is 16.0. The third-order valence-electron chi connectivity index (χ3n) is 3.01. The number of urea groups is 1. The smallest absolute Gasteiger partial charge is 0.315 e. The second-order valence-corrected chi connectivity index (χ2v) is 6.00. The Morgan fingerprint density at radius 2 is 2.10 bits per heavy atom. The molecule has 1 atom stereocenters. The third kappa shape index (κ3) is 6.24. The van der Waals surface area contributed by atoms with Crippen LogP contribution >= 0.6 is 0 Å². The zero-order valence-corrected chi connectivity index (χ0v) is 12.9. The lowest BCUT2D eigenvalue weighted by atomic mass is 9.85. The average Bonchev–Trinajstić information content (AvgIpc) is 2.72. The second kappa shape index (κ2) is 7.05. The van der Waals surface area contributed by atoms with Crippen LogP contribution < -0.4 is 10.6 Å². The number of amides is 2. The molecule has 1 rings (SSSR count). The predicted molar refractivity (Wildman–Crippen MR) is 76.7 cm³/mol. The molecule has 0 aliphatic rings. The van der Waals surface area contributed by atoms with Crippen LogP contribution in [0.15, 0.2) is 6.33 Å². The van der Waals surface area contributed by atoms with Gasteiger partial charge < -0.3 is 15.7 Å². The molecule has 0 aliphatic carbocycles. The van der Waals surface area contributed by atoms with Gasteiger partial charge in [0.2, 0.25) is 0 Å². The van der Waals surface area contributed by atoms with E-state index in [0.717, 1.165) is 0 Å². The van der Waals surface area contributed by atoms with Crippen LogP contribution in [0.5, 0.6) is 0 Å². The molecule has 0 spiro atoms. The van der Waals surface area contributed by atoms with Crippen molar-refractivity contribution < 1.29 is 14.7 Å². The number of carboxylic acid groups (broad SMARTS) is 1. The van der Waals surface area contributed by atoms with Gasteiger partial charge in [-0.05, 0) is 5.41 Å². The lowest BCUT2D eigenvalue weighted by molar-refractivity contribution is -0.138. The molecule has 0 aromatic carbocycles. The maximum absolute atomic E-state index is 11.8. The average molecular weight is 297 g/mol. The number of hydrogen-bond acceptors (Lipinski definition) is 4. The minimum absolute atomic E-state index is 0.112. The molecule has 0 saturated heterocycles. The summed E-state index contributed by atoms with van der Waals surface area (Å²) in [5.74, 6) is -0.288. The van der Waals surface area contributed by atoms with E-state index >= 15 is 0 Å². The molecule has 21 heavy (non-hydrogen) atoms. The van der Waals surface area contributed by atoms with Gasteiger partial charge in [0.1, 0.15) is 6.33 Å². The van der Waals surface area contributed by atoms with E-state index in [1.54, 1.807) is 18.1 Å². The summed E-state index contributed by atoms with van der Waals surface area (Å²) in [5, 5.41) is 18.4. The molecule has 0 aliphatic heterocycles. The van der Waals surface area contributed by atoms with Crippen molar-refractivity contribution in [2.24, 2.45) is 12.5 Å². The van der Waals surface area contributed by atoms with Crippen molar-refractivity contribution in [3.63, 3.8) is 0 Å². The van der Waals surface area contributed by atoms with Gasteiger partial charge in [0.25, 0.3) is 0 Å². The van der Waals surface area contributed by atoms with Gasteiger partial charge >= 0.3 is 12.0 Å². The molecule has 3 N–H and O–H groups in total. The van der Waals surface area contributed by atoms with Gasteiger partial charge in [0.05, 0.1) is 6.42 Å². The number of hydrogen-bond donors (Lipinski definition) is 3. The van der Waals surface area contributed by atoms with Gasteiger partial charge in [0, 0.05) is 26.1 Å². The second-order valence-electron chi connectivity index (χ2n) is 6.00. The Morgan fingerprint density at radius 1 is 1.43 bits per heavy atom. The summed E-state index contributed by atoms with van der Waals surface area (Å²) in [6, 6.07) is -0.824. The first-order chi connectivity index (χ1) is 9.68. The van der Waals surface area contributed by atoms with Gasteiger partial charge in [-0.2, -0.15) is 5.10 Å². The zero-order valence-electron chi connectivity index (χ0n) is 12.9. The molecule has 1 aromatic rings. The van der Waals surface area contributed by atoms with Crippen LogP contribution in [0.3, 0.4) is 0 Å². The standard InChI is InChI=1S/C13H23N5O3/c1-13(2,3)9(7-11(19)20)16-12(21)14-6-5-10-15-8-18(4)17-10/h8-9H,5-7H2,1-4H3,(H,19,20)(H2,14,16,21). The summed E-state index contributed by atoms with van der Waals surface area (Å²) in [6.07, 6.45) is 2.00. The van der Waals surface area contributed by atoms with Crippen molar-refractivity contribution in [2.75, 3.05) is 6.54 Å². The molecule has 0 saturated carbocycles. The first-order valence-corrected chi connectivity index (χ1v) is 6.79. The number of rotatable bonds is 6. The predicted octanol–water partition coefficient (Wildman–Crippen LogP) is 0.546. The van der Waals surface area contributed by atoms with Crippen LogP contribution in [-0.4, -0.2) is 44.5 Å². The van der Waals surface area contributed by atoms with Crippen molar-refractivity contribution in [1.82, 2.24) is 25.4 Å². The highest BCUT2D eigenvalue weighted by Crippen LogP contribution is 2.21. The van der Waals surface area contributed by atoms with E-state index in [-0.39, 0.29) is 17.9 Å². The summed E-state index contributed by atoms with van der Waals surface area (Å²) in [5.41, 5.74) is -0.335. The number of carbonyl (C=O) groups is 2. The van der Waals surface area contributed by atoms with E-state index in [2.05, 4.69) is 20.7 Å². The highest BCUT2D eigenvalue weighted by atomic mass is 16.4. The number of aryl methyl sites for hydroxylation is 1. The summed E-state index contributed by atoms with van der Waals surface area (Å²) in [6.45, 7) is 6.05. The molecule has 0 bridgehead atoms. The van der Waals surface area contributed by atoms with E-state index in [4.69, 9.17) is 5.11 Å². The highest BCUT2D eigenvalue weighted by Gasteiger charge is 2.28. The van der Waals surface area contributed by atoms with E-state index in [9.17, 15) is 9.59 Å². The molecular formula is C13H23N5O3. The Kier molecular flexibility index (Phi) is 5.69. The quantitative estimate of drug-likeness (QED) is 0.710. The number of nitrogens with zero attached hydrogens (tertiary/aromatic N) is 3. The van der Waals surface area contributed by atoms with E-state index in [1.807, 2.05) is 20.8 Å². The van der Waals surface area contributed by atoms with Gasteiger partial charge in [0.15, 0.2) is 5.82 Å². The highest BCUT2D eigenvalue weighted by molar-refractivity contribution is 5.75. The Bertz CT molecular complexity index is 492. The number of nitrogens with one attached hydrogen (secondary N) is 2. The lowest BCUT2D eigenvalue weighted by Crippen LogP contribution is -2.49. The van der Waals surface area contributed by atoms with Crippen LogP contribution in [0.4, 0.5) is 4.79 Å². The van der Waals surface area contributed by atoms with Gasteiger partial charge in [-0.1, -0.05) is 20.8 Å². The third-order valence-corrected chi connectivity index (χ3v) is 3.01. The molecule has 118 valence electrons. The first kappa shape index (κ1) is 16.9. The number of carbonyl (C=O) groups excluding carboxylic acids is 1. The van der Waals surface area contributed by atoms with Crippen LogP contribution in [0.25, 0.3) is 0 Å². The Morgan fingerprint density at radius 3 is 2.57 bits per heavy atom. The Labute approximate surface area is 123 Å². The summed E-state index contributed by atoms with van der Waals surface area (Å²) >= 11 is 0. The molecule has 1 heterocycles. The molecule has 1 aromatic heterocycles. The summed E-state index contributed by atoms with van der Waals surface area (Å²) in [7, 11) is 1.77. The van der Waals surface area contributed by atoms with Crippen molar-refractivity contribution >= 4 is 12.0 Å². The molecule has 0 fully saturated rings. The van der Waals surface area contributed by atoms with Crippen molar-refractivity contribution in [2.45, 2.75) is 39.7 Å². The van der Waals surface area contributed by atoms with Crippen molar-refractivity contribution in [1.29, 1.82) is 0 Å². The van der Waals surface area contributed by atoms with Crippen molar-refractivity contribution in [3.05, 3.63) is 12.2 Å². The molecule has 1 unspecified atom stereocenters. The minimum Gasteiger partial charge on any atom is -0.481 e. The largest absolute Gasteiger partial charge is 0.481 e. The van der Waals surface area contributed by atoms with Crippen LogP contribution in [0.2, 0.25) is 0 Å². The normalized spacial score (nSPS) is 12.8. The Balaban J connectivity index is 2.41. The summed E-state index contributed by atoms with van der Waals surface area (Å²) in [4.78, 5) is 26.7. The van der Waals surface area contributed by atoms with Crippen LogP contribution in [0.1, 0.15) is 33.0 Å². The van der Waals surface area contributed by atoms with Gasteiger partial charge in [-0.25, -0.2) is 9.78 Å².